The summed E-state index contributed by atoms with van der Waals surface area (Å²) in [5.41, 5.74) is 0. The topological polar surface area (TPSA) is 29.1 Å². The quantitative estimate of drug-likeness (QED) is 0.310. The number of hydrogen-bond acceptors (Lipinski definition) is 1. The zero-order valence-corrected chi connectivity index (χ0v) is 15.4. The summed E-state index contributed by atoms with van der Waals surface area (Å²) in [5, 5.41) is 2.94. The van der Waals surface area contributed by atoms with Gasteiger partial charge in [-0.25, -0.2) is 0 Å². The summed E-state index contributed by atoms with van der Waals surface area (Å²) in [6.45, 7) is 5.20. The van der Waals surface area contributed by atoms with Crippen molar-refractivity contribution in [3.05, 3.63) is 0 Å². The van der Waals surface area contributed by atoms with E-state index in [1.54, 1.807) is 0 Å². The molecule has 22 heavy (non-hydrogen) atoms. The minimum Gasteiger partial charge on any atom is -0.356 e. The molecule has 2 nitrogen and oxygen atoms in total. The van der Waals surface area contributed by atoms with Gasteiger partial charge in [-0.2, -0.15) is 0 Å². The molecule has 0 bridgehead atoms. The van der Waals surface area contributed by atoms with Gasteiger partial charge in [-0.05, 0) is 12.8 Å². The molecule has 0 aliphatic carbocycles. The number of carbonyl (C=O) groups excluding carboxylic acids is 1. The van der Waals surface area contributed by atoms with Gasteiger partial charge in [0.1, 0.15) is 0 Å². The summed E-state index contributed by atoms with van der Waals surface area (Å²) in [4.78, 5) is 11.4. The number of carbonyl (C=O) groups is 1. The molecule has 2 heteroatoms. The highest BCUT2D eigenvalue weighted by molar-refractivity contribution is 5.75. The van der Waals surface area contributed by atoms with Gasteiger partial charge in [0.15, 0.2) is 0 Å². The Morgan fingerprint density at radius 2 is 1.00 bits per heavy atom. The minimum absolute atomic E-state index is 0.237. The van der Waals surface area contributed by atoms with E-state index in [2.05, 4.69) is 19.2 Å². The van der Waals surface area contributed by atoms with Crippen LogP contribution in [0.1, 0.15) is 117 Å². The van der Waals surface area contributed by atoms with Crippen LogP contribution >= 0.6 is 0 Å². The molecule has 0 aliphatic heterocycles. The first-order valence-corrected chi connectivity index (χ1v) is 10.1. The van der Waals surface area contributed by atoms with Crippen LogP contribution < -0.4 is 5.32 Å². The van der Waals surface area contributed by atoms with E-state index in [1.807, 2.05) is 0 Å². The third kappa shape index (κ3) is 17.5. The Labute approximate surface area is 139 Å². The smallest absolute Gasteiger partial charge is 0.219 e. The molecule has 0 aromatic carbocycles. The molecule has 1 amide bonds. The van der Waals surface area contributed by atoms with Crippen LogP contribution in [0.15, 0.2) is 0 Å². The van der Waals surface area contributed by atoms with Crippen LogP contribution in [0.4, 0.5) is 0 Å². The van der Waals surface area contributed by atoms with E-state index in [0.717, 1.165) is 25.8 Å². The standard InChI is InChI=1S/C20H41NO/c1-3-5-6-7-8-9-10-11-12-13-14-15-16-17-18-20(22)21-19-4-2/h3-19H2,1-2H3,(H,21,22). The molecule has 0 heterocycles. The van der Waals surface area contributed by atoms with E-state index >= 15 is 0 Å². The highest BCUT2D eigenvalue weighted by atomic mass is 16.1. The van der Waals surface area contributed by atoms with Crippen molar-refractivity contribution in [1.29, 1.82) is 0 Å². The van der Waals surface area contributed by atoms with Gasteiger partial charge >= 0.3 is 0 Å². The van der Waals surface area contributed by atoms with E-state index in [4.69, 9.17) is 0 Å². The molecule has 0 radical (unpaired) electrons. The second-order valence-corrected chi connectivity index (χ2v) is 6.70. The lowest BCUT2D eigenvalue weighted by Gasteiger charge is -2.04. The van der Waals surface area contributed by atoms with E-state index < -0.39 is 0 Å². The molecule has 0 saturated heterocycles. The number of unbranched alkanes of at least 4 members (excludes halogenated alkanes) is 13. The van der Waals surface area contributed by atoms with Gasteiger partial charge in [-0.3, -0.25) is 4.79 Å². The van der Waals surface area contributed by atoms with Crippen LogP contribution in [-0.4, -0.2) is 12.5 Å². The molecule has 0 aromatic rings. The van der Waals surface area contributed by atoms with Crippen LogP contribution in [0.3, 0.4) is 0 Å². The lowest BCUT2D eigenvalue weighted by atomic mass is 10.0. The van der Waals surface area contributed by atoms with E-state index in [0.29, 0.717) is 0 Å². The minimum atomic E-state index is 0.237. The predicted octanol–water partition coefficient (Wildman–Crippen LogP) is 6.38. The van der Waals surface area contributed by atoms with Crippen molar-refractivity contribution < 1.29 is 4.79 Å². The molecule has 0 unspecified atom stereocenters. The first-order valence-electron chi connectivity index (χ1n) is 10.1. The highest BCUT2D eigenvalue weighted by Crippen LogP contribution is 2.13. The molecule has 0 saturated carbocycles. The maximum Gasteiger partial charge on any atom is 0.219 e. The maximum atomic E-state index is 11.4. The fourth-order valence-corrected chi connectivity index (χ4v) is 2.83. The van der Waals surface area contributed by atoms with Crippen molar-refractivity contribution in [2.45, 2.75) is 117 Å². The average molecular weight is 312 g/mol. The summed E-state index contributed by atoms with van der Waals surface area (Å²) in [5.74, 6) is 0.237. The van der Waals surface area contributed by atoms with Gasteiger partial charge in [-0.1, -0.05) is 97.3 Å². The van der Waals surface area contributed by atoms with E-state index in [1.165, 1.54) is 83.5 Å². The zero-order valence-electron chi connectivity index (χ0n) is 15.4. The molecule has 0 fully saturated rings. The summed E-state index contributed by atoms with van der Waals surface area (Å²) < 4.78 is 0. The van der Waals surface area contributed by atoms with Crippen LogP contribution in [0, 0.1) is 0 Å². The van der Waals surface area contributed by atoms with Crippen LogP contribution in [-0.2, 0) is 4.79 Å². The lowest BCUT2D eigenvalue weighted by molar-refractivity contribution is -0.121. The zero-order chi connectivity index (χ0) is 16.3. The summed E-state index contributed by atoms with van der Waals surface area (Å²) in [6.07, 6.45) is 20.9. The van der Waals surface area contributed by atoms with Crippen molar-refractivity contribution in [3.8, 4) is 0 Å². The Morgan fingerprint density at radius 3 is 1.41 bits per heavy atom. The Morgan fingerprint density at radius 1 is 0.591 bits per heavy atom. The molecular formula is C20H41NO. The summed E-state index contributed by atoms with van der Waals surface area (Å²) >= 11 is 0. The second kappa shape index (κ2) is 18.5. The van der Waals surface area contributed by atoms with Crippen molar-refractivity contribution in [1.82, 2.24) is 5.32 Å². The molecule has 0 spiro atoms. The van der Waals surface area contributed by atoms with E-state index in [9.17, 15) is 4.79 Å². The SMILES string of the molecule is CCCCCCCCCCCCCCCCC(=O)NCCC. The highest BCUT2D eigenvalue weighted by Gasteiger charge is 1.99. The summed E-state index contributed by atoms with van der Waals surface area (Å²) in [7, 11) is 0. The Balaban J connectivity index is 3.04. The average Bonchev–Trinajstić information content (AvgIpc) is 2.53. The lowest BCUT2D eigenvalue weighted by Crippen LogP contribution is -2.23. The predicted molar refractivity (Wildman–Crippen MR) is 98.2 cm³/mol. The molecule has 0 aromatic heterocycles. The molecule has 132 valence electrons. The Kier molecular flexibility index (Phi) is 18.1. The Bertz CT molecular complexity index is 228. The fourth-order valence-electron chi connectivity index (χ4n) is 2.83. The number of hydrogen-bond donors (Lipinski definition) is 1. The first kappa shape index (κ1) is 21.5. The molecular weight excluding hydrogens is 270 g/mol. The van der Waals surface area contributed by atoms with Gasteiger partial charge in [0.25, 0.3) is 0 Å². The van der Waals surface area contributed by atoms with Crippen LogP contribution in [0.25, 0.3) is 0 Å². The molecule has 0 aliphatic rings. The molecule has 0 rings (SSSR count). The van der Waals surface area contributed by atoms with Gasteiger partial charge in [0, 0.05) is 13.0 Å². The van der Waals surface area contributed by atoms with Gasteiger partial charge in [0.2, 0.25) is 5.91 Å². The van der Waals surface area contributed by atoms with Crippen molar-refractivity contribution >= 4 is 5.91 Å². The molecule has 0 atom stereocenters. The number of rotatable bonds is 17. The normalized spacial score (nSPS) is 10.8. The van der Waals surface area contributed by atoms with Crippen molar-refractivity contribution in [2.24, 2.45) is 0 Å². The monoisotopic (exact) mass is 311 g/mol. The Hall–Kier alpha value is -0.530. The number of amides is 1. The largest absolute Gasteiger partial charge is 0.356 e. The van der Waals surface area contributed by atoms with Gasteiger partial charge in [-0.15, -0.1) is 0 Å². The number of nitrogens with one attached hydrogen (secondary N) is 1. The molecule has 1 N–H and O–H groups in total. The summed E-state index contributed by atoms with van der Waals surface area (Å²) in [6, 6.07) is 0. The van der Waals surface area contributed by atoms with Crippen molar-refractivity contribution in [3.63, 3.8) is 0 Å². The third-order valence-corrected chi connectivity index (χ3v) is 4.33. The second-order valence-electron chi connectivity index (χ2n) is 6.70. The van der Waals surface area contributed by atoms with Gasteiger partial charge in [0.05, 0.1) is 0 Å². The first-order chi connectivity index (χ1) is 10.8. The van der Waals surface area contributed by atoms with Crippen molar-refractivity contribution in [2.75, 3.05) is 6.54 Å². The fraction of sp³-hybridized carbons (Fsp3) is 0.950. The van der Waals surface area contributed by atoms with Crippen LogP contribution in [0.5, 0.6) is 0 Å². The van der Waals surface area contributed by atoms with Gasteiger partial charge < -0.3 is 5.32 Å². The van der Waals surface area contributed by atoms with Crippen LogP contribution in [0.2, 0.25) is 0 Å². The third-order valence-electron chi connectivity index (χ3n) is 4.33. The van der Waals surface area contributed by atoms with E-state index in [-0.39, 0.29) is 5.91 Å². The maximum absolute atomic E-state index is 11.4.